The van der Waals surface area contributed by atoms with Gasteiger partial charge in [0.1, 0.15) is 5.75 Å². The van der Waals surface area contributed by atoms with E-state index in [1.807, 2.05) is 19.2 Å². The Labute approximate surface area is 147 Å². The summed E-state index contributed by atoms with van der Waals surface area (Å²) in [5, 5.41) is 5.03. The third kappa shape index (κ3) is 3.66. The lowest BCUT2D eigenvalue weighted by atomic mass is 9.98. The van der Waals surface area contributed by atoms with Crippen LogP contribution in [0.15, 0.2) is 34.8 Å². The van der Waals surface area contributed by atoms with Gasteiger partial charge in [-0.3, -0.25) is 0 Å². The molecule has 2 nitrogen and oxygen atoms in total. The van der Waals surface area contributed by atoms with Gasteiger partial charge in [-0.2, -0.15) is 0 Å². The molecule has 0 saturated heterocycles. The summed E-state index contributed by atoms with van der Waals surface area (Å²) in [7, 11) is 3.47. The van der Waals surface area contributed by atoms with Crippen molar-refractivity contribution in [1.82, 2.24) is 5.32 Å². The summed E-state index contributed by atoms with van der Waals surface area (Å²) in [6, 6.07) is 8.89. The molecule has 0 radical (unpaired) electrons. The first kappa shape index (κ1) is 16.9. The van der Waals surface area contributed by atoms with E-state index >= 15 is 0 Å². The molecule has 0 aromatic heterocycles. The monoisotopic (exact) mass is 407 g/mol. The quantitative estimate of drug-likeness (QED) is 0.697. The van der Waals surface area contributed by atoms with Gasteiger partial charge in [-0.1, -0.05) is 40.9 Å². The summed E-state index contributed by atoms with van der Waals surface area (Å²) in [4.78, 5) is 0. The predicted octanol–water partition coefficient (Wildman–Crippen LogP) is 5.73. The van der Waals surface area contributed by atoms with E-state index in [0.29, 0.717) is 20.8 Å². The maximum Gasteiger partial charge on any atom is 0.138 e. The average molecular weight is 410 g/mol. The predicted molar refractivity (Wildman–Crippen MR) is 93.1 cm³/mol. The average Bonchev–Trinajstić information content (AvgIpc) is 2.41. The van der Waals surface area contributed by atoms with Crippen LogP contribution in [0.5, 0.6) is 5.75 Å². The molecule has 1 atom stereocenters. The van der Waals surface area contributed by atoms with Crippen LogP contribution in [0, 0.1) is 0 Å². The van der Waals surface area contributed by atoms with Crippen molar-refractivity contribution in [2.75, 3.05) is 14.2 Å². The highest BCUT2D eigenvalue weighted by Crippen LogP contribution is 2.40. The van der Waals surface area contributed by atoms with E-state index in [-0.39, 0.29) is 6.04 Å². The fourth-order valence-corrected chi connectivity index (χ4v) is 3.74. The van der Waals surface area contributed by atoms with Crippen molar-refractivity contribution in [2.45, 2.75) is 6.04 Å². The minimum Gasteiger partial charge on any atom is -0.495 e. The molecule has 0 fully saturated rings. The van der Waals surface area contributed by atoms with Crippen LogP contribution in [0.3, 0.4) is 0 Å². The Morgan fingerprint density at radius 3 is 2.33 bits per heavy atom. The van der Waals surface area contributed by atoms with Crippen LogP contribution in [-0.4, -0.2) is 14.2 Å². The molecule has 0 aliphatic carbocycles. The Morgan fingerprint density at radius 2 is 1.76 bits per heavy atom. The SMILES string of the molecule is CNC(c1ccc(Cl)cc1Cl)c1cc(Cl)cc(Br)c1OC. The van der Waals surface area contributed by atoms with Crippen molar-refractivity contribution >= 4 is 50.7 Å². The van der Waals surface area contributed by atoms with Gasteiger partial charge < -0.3 is 10.1 Å². The van der Waals surface area contributed by atoms with Crippen molar-refractivity contribution < 1.29 is 4.74 Å². The standard InChI is InChI=1S/C15H13BrCl3NO/c1-20-14(10-4-3-8(17)7-13(10)19)11-5-9(18)6-12(16)15(11)21-2/h3-7,14,20H,1-2H3. The molecular weight excluding hydrogens is 396 g/mol. The number of hydrogen-bond donors (Lipinski definition) is 1. The van der Waals surface area contributed by atoms with Crippen molar-refractivity contribution in [2.24, 2.45) is 0 Å². The Hall–Kier alpha value is -0.450. The van der Waals surface area contributed by atoms with E-state index in [0.717, 1.165) is 15.6 Å². The molecule has 0 amide bonds. The number of hydrogen-bond acceptors (Lipinski definition) is 2. The van der Waals surface area contributed by atoms with Crippen LogP contribution < -0.4 is 10.1 Å². The largest absolute Gasteiger partial charge is 0.495 e. The van der Waals surface area contributed by atoms with Crippen molar-refractivity contribution in [3.63, 3.8) is 0 Å². The van der Waals surface area contributed by atoms with Crippen LogP contribution >= 0.6 is 50.7 Å². The van der Waals surface area contributed by atoms with Crippen LogP contribution in [0.2, 0.25) is 15.1 Å². The van der Waals surface area contributed by atoms with E-state index in [2.05, 4.69) is 21.2 Å². The molecule has 6 heteroatoms. The van der Waals surface area contributed by atoms with E-state index in [1.54, 1.807) is 25.3 Å². The molecule has 0 aliphatic heterocycles. The number of nitrogens with one attached hydrogen (secondary N) is 1. The summed E-state index contributed by atoms with van der Waals surface area (Å²) >= 11 is 21.9. The van der Waals surface area contributed by atoms with Gasteiger partial charge in [-0.05, 0) is 52.8 Å². The van der Waals surface area contributed by atoms with Gasteiger partial charge in [0.25, 0.3) is 0 Å². The molecule has 21 heavy (non-hydrogen) atoms. The molecule has 0 bridgehead atoms. The Kier molecular flexibility index (Phi) is 5.81. The fraction of sp³-hybridized carbons (Fsp3) is 0.200. The lowest BCUT2D eigenvalue weighted by molar-refractivity contribution is 0.403. The maximum absolute atomic E-state index is 6.32. The fourth-order valence-electron chi connectivity index (χ4n) is 2.22. The molecule has 2 rings (SSSR count). The van der Waals surface area contributed by atoms with Crippen LogP contribution in [0.4, 0.5) is 0 Å². The molecular formula is C15H13BrCl3NO. The number of halogens is 4. The summed E-state index contributed by atoms with van der Waals surface area (Å²) in [5.74, 6) is 0.713. The highest BCUT2D eigenvalue weighted by atomic mass is 79.9. The normalized spacial score (nSPS) is 12.3. The second-order valence-electron chi connectivity index (χ2n) is 4.40. The lowest BCUT2D eigenvalue weighted by Gasteiger charge is -2.22. The number of rotatable bonds is 4. The molecule has 2 aromatic carbocycles. The smallest absolute Gasteiger partial charge is 0.138 e. The number of benzene rings is 2. The lowest BCUT2D eigenvalue weighted by Crippen LogP contribution is -2.19. The summed E-state index contributed by atoms with van der Waals surface area (Å²) in [6.45, 7) is 0. The highest BCUT2D eigenvalue weighted by Gasteiger charge is 2.21. The van der Waals surface area contributed by atoms with Crippen molar-refractivity contribution in [3.8, 4) is 5.75 Å². The van der Waals surface area contributed by atoms with Crippen LogP contribution in [0.1, 0.15) is 17.2 Å². The topological polar surface area (TPSA) is 21.3 Å². The zero-order chi connectivity index (χ0) is 15.6. The second-order valence-corrected chi connectivity index (χ2v) is 6.53. The first-order chi connectivity index (χ1) is 9.97. The van der Waals surface area contributed by atoms with Crippen molar-refractivity contribution in [1.29, 1.82) is 0 Å². The second kappa shape index (κ2) is 7.21. The summed E-state index contributed by atoms with van der Waals surface area (Å²) in [5.41, 5.74) is 1.79. The van der Waals surface area contributed by atoms with Gasteiger partial charge in [-0.25, -0.2) is 0 Å². The minimum absolute atomic E-state index is 0.167. The molecule has 0 aliphatic rings. The first-order valence-electron chi connectivity index (χ1n) is 6.13. The maximum atomic E-state index is 6.32. The van der Waals surface area contributed by atoms with E-state index in [4.69, 9.17) is 39.5 Å². The zero-order valence-corrected chi connectivity index (χ0v) is 15.2. The Bertz CT molecular complexity index is 664. The van der Waals surface area contributed by atoms with Gasteiger partial charge in [0, 0.05) is 20.6 Å². The van der Waals surface area contributed by atoms with Gasteiger partial charge in [-0.15, -0.1) is 0 Å². The molecule has 2 aromatic rings. The number of ether oxygens (including phenoxy) is 1. The summed E-state index contributed by atoms with van der Waals surface area (Å²) in [6.07, 6.45) is 0. The Morgan fingerprint density at radius 1 is 1.05 bits per heavy atom. The zero-order valence-electron chi connectivity index (χ0n) is 11.4. The van der Waals surface area contributed by atoms with E-state index < -0.39 is 0 Å². The van der Waals surface area contributed by atoms with Gasteiger partial charge >= 0.3 is 0 Å². The van der Waals surface area contributed by atoms with Crippen molar-refractivity contribution in [3.05, 3.63) is 61.0 Å². The molecule has 0 heterocycles. The third-order valence-corrected chi connectivity index (χ3v) is 4.48. The Balaban J connectivity index is 2.61. The summed E-state index contributed by atoms with van der Waals surface area (Å²) < 4.78 is 6.27. The third-order valence-electron chi connectivity index (χ3n) is 3.11. The van der Waals surface area contributed by atoms with Gasteiger partial charge in [0.15, 0.2) is 0 Å². The van der Waals surface area contributed by atoms with E-state index in [1.165, 1.54) is 0 Å². The molecule has 0 spiro atoms. The molecule has 1 unspecified atom stereocenters. The molecule has 0 saturated carbocycles. The van der Waals surface area contributed by atoms with Gasteiger partial charge in [0.2, 0.25) is 0 Å². The molecule has 1 N–H and O–H groups in total. The van der Waals surface area contributed by atoms with Crippen LogP contribution in [-0.2, 0) is 0 Å². The van der Waals surface area contributed by atoms with E-state index in [9.17, 15) is 0 Å². The van der Waals surface area contributed by atoms with Gasteiger partial charge in [0.05, 0.1) is 17.6 Å². The minimum atomic E-state index is -0.167. The molecule has 112 valence electrons. The van der Waals surface area contributed by atoms with Crippen LogP contribution in [0.25, 0.3) is 0 Å². The first-order valence-corrected chi connectivity index (χ1v) is 8.05. The number of methoxy groups -OCH3 is 1. The highest BCUT2D eigenvalue weighted by molar-refractivity contribution is 9.10.